The lowest BCUT2D eigenvalue weighted by atomic mass is 10.1. The van der Waals surface area contributed by atoms with Gasteiger partial charge in [0.05, 0.1) is 12.8 Å². The molecule has 0 atom stereocenters. The molecule has 0 saturated carbocycles. The van der Waals surface area contributed by atoms with Crippen LogP contribution in [0.2, 0.25) is 0 Å². The highest BCUT2D eigenvalue weighted by Crippen LogP contribution is 2.23. The summed E-state index contributed by atoms with van der Waals surface area (Å²) in [7, 11) is -1.88. The van der Waals surface area contributed by atoms with E-state index in [2.05, 4.69) is 13.9 Å². The predicted octanol–water partition coefficient (Wildman–Crippen LogP) is 1.32. The first kappa shape index (κ1) is 16.9. The number of benzene rings is 1. The molecule has 0 fully saturated rings. The molecule has 0 bridgehead atoms. The molecule has 0 aromatic heterocycles. The molecule has 1 aromatic carbocycles. The molecule has 1 heterocycles. The highest BCUT2D eigenvalue weighted by molar-refractivity contribution is 7.88. The van der Waals surface area contributed by atoms with Crippen molar-refractivity contribution in [1.29, 1.82) is 0 Å². The van der Waals surface area contributed by atoms with Crippen LogP contribution in [0.5, 0.6) is 5.75 Å². The third kappa shape index (κ3) is 3.65. The van der Waals surface area contributed by atoms with Gasteiger partial charge in [0, 0.05) is 12.6 Å². The van der Waals surface area contributed by atoms with Gasteiger partial charge in [-0.25, -0.2) is 9.10 Å². The zero-order valence-electron chi connectivity index (χ0n) is 12.1. The van der Waals surface area contributed by atoms with E-state index in [1.807, 2.05) is 0 Å². The second-order valence-corrected chi connectivity index (χ2v) is 5.98. The summed E-state index contributed by atoms with van der Waals surface area (Å²) in [5.74, 6) is -1.03. The van der Waals surface area contributed by atoms with Crippen LogP contribution in [0.1, 0.15) is 5.56 Å². The number of halogens is 2. The van der Waals surface area contributed by atoms with Crippen molar-refractivity contribution in [2.45, 2.75) is 6.61 Å². The monoisotopic (exact) mass is 346 g/mol. The maximum Gasteiger partial charge on any atom is 0.387 e. The quantitative estimate of drug-likeness (QED) is 0.768. The SMILES string of the molecule is COC(=O)C1=CC(c2cccc(OC(F)F)c2)=NS(=O)(=O)N1C. The van der Waals surface area contributed by atoms with E-state index in [0.29, 0.717) is 4.31 Å². The van der Waals surface area contributed by atoms with Crippen molar-refractivity contribution in [3.63, 3.8) is 0 Å². The number of carbonyl (C=O) groups excluding carboxylic acids is 1. The van der Waals surface area contributed by atoms with Gasteiger partial charge >= 0.3 is 22.8 Å². The van der Waals surface area contributed by atoms with E-state index in [0.717, 1.165) is 14.2 Å². The van der Waals surface area contributed by atoms with Crippen molar-refractivity contribution >= 4 is 21.9 Å². The van der Waals surface area contributed by atoms with E-state index in [4.69, 9.17) is 0 Å². The van der Waals surface area contributed by atoms with Crippen molar-refractivity contribution in [3.8, 4) is 5.75 Å². The summed E-state index contributed by atoms with van der Waals surface area (Å²) in [5.41, 5.74) is -0.151. The van der Waals surface area contributed by atoms with Crippen LogP contribution in [0, 0.1) is 0 Å². The summed E-state index contributed by atoms with van der Waals surface area (Å²) in [6.07, 6.45) is 1.19. The van der Waals surface area contributed by atoms with Crippen LogP contribution in [0.3, 0.4) is 0 Å². The molecule has 23 heavy (non-hydrogen) atoms. The number of methoxy groups -OCH3 is 1. The van der Waals surface area contributed by atoms with Crippen molar-refractivity contribution in [2.75, 3.05) is 14.2 Å². The van der Waals surface area contributed by atoms with Gasteiger partial charge in [-0.1, -0.05) is 12.1 Å². The lowest BCUT2D eigenvalue weighted by molar-refractivity contribution is -0.137. The number of ether oxygens (including phenoxy) is 2. The zero-order valence-corrected chi connectivity index (χ0v) is 12.9. The maximum atomic E-state index is 12.3. The Hall–Kier alpha value is -2.49. The number of allylic oxidation sites excluding steroid dienone is 1. The van der Waals surface area contributed by atoms with Gasteiger partial charge in [-0.3, -0.25) is 0 Å². The Labute approximate surface area is 131 Å². The Morgan fingerprint density at radius 3 is 2.65 bits per heavy atom. The average Bonchev–Trinajstić information content (AvgIpc) is 2.48. The molecule has 124 valence electrons. The van der Waals surface area contributed by atoms with Crippen molar-refractivity contribution < 1.29 is 31.5 Å². The second-order valence-electron chi connectivity index (χ2n) is 4.35. The zero-order chi connectivity index (χ0) is 17.2. The van der Waals surface area contributed by atoms with Crippen LogP contribution in [0.15, 0.2) is 40.4 Å². The van der Waals surface area contributed by atoms with Gasteiger partial charge in [0.15, 0.2) is 0 Å². The molecular weight excluding hydrogens is 334 g/mol. The molecule has 0 unspecified atom stereocenters. The molecule has 0 aliphatic carbocycles. The Bertz CT molecular complexity index is 789. The number of nitrogens with zero attached hydrogens (tertiary/aromatic N) is 2. The number of hydrogen-bond donors (Lipinski definition) is 0. The van der Waals surface area contributed by atoms with Gasteiger partial charge in [-0.05, 0) is 18.2 Å². The molecule has 0 amide bonds. The summed E-state index contributed by atoms with van der Waals surface area (Å²) in [6.45, 7) is -3.02. The molecule has 10 heteroatoms. The molecule has 1 aliphatic heterocycles. The normalized spacial score (nSPS) is 16.7. The predicted molar refractivity (Wildman–Crippen MR) is 76.4 cm³/mol. The average molecular weight is 346 g/mol. The van der Waals surface area contributed by atoms with Gasteiger partial charge in [0.2, 0.25) is 0 Å². The summed E-state index contributed by atoms with van der Waals surface area (Å²) >= 11 is 0. The van der Waals surface area contributed by atoms with E-state index < -0.39 is 22.8 Å². The second kappa shape index (κ2) is 6.32. The highest BCUT2D eigenvalue weighted by Gasteiger charge is 2.30. The Morgan fingerprint density at radius 1 is 1.35 bits per heavy atom. The van der Waals surface area contributed by atoms with Gasteiger partial charge in [-0.15, -0.1) is 4.40 Å². The first-order valence-electron chi connectivity index (χ1n) is 6.18. The maximum absolute atomic E-state index is 12.3. The van der Waals surface area contributed by atoms with E-state index in [-0.39, 0.29) is 22.7 Å². The number of alkyl halides is 2. The fraction of sp³-hybridized carbons (Fsp3) is 0.231. The Balaban J connectivity index is 2.49. The molecule has 2 rings (SSSR count). The summed E-state index contributed by atoms with van der Waals surface area (Å²) in [5, 5.41) is 0. The molecule has 1 aromatic rings. The Morgan fingerprint density at radius 2 is 2.04 bits per heavy atom. The number of esters is 1. The van der Waals surface area contributed by atoms with Gasteiger partial charge in [0.1, 0.15) is 11.4 Å². The minimum Gasteiger partial charge on any atom is -0.464 e. The van der Waals surface area contributed by atoms with Crippen molar-refractivity contribution in [2.24, 2.45) is 4.40 Å². The van der Waals surface area contributed by atoms with Crippen LogP contribution in [0.25, 0.3) is 0 Å². The fourth-order valence-corrected chi connectivity index (χ4v) is 2.72. The van der Waals surface area contributed by atoms with Crippen LogP contribution >= 0.6 is 0 Å². The highest BCUT2D eigenvalue weighted by atomic mass is 32.2. The smallest absolute Gasteiger partial charge is 0.387 e. The molecule has 0 N–H and O–H groups in total. The van der Waals surface area contributed by atoms with Gasteiger partial charge in [0.25, 0.3) is 0 Å². The molecule has 0 radical (unpaired) electrons. The van der Waals surface area contributed by atoms with E-state index in [1.165, 1.54) is 30.3 Å². The fourth-order valence-electron chi connectivity index (χ4n) is 1.82. The van der Waals surface area contributed by atoms with Gasteiger partial charge in [-0.2, -0.15) is 17.2 Å². The van der Waals surface area contributed by atoms with Crippen molar-refractivity contribution in [3.05, 3.63) is 41.6 Å². The molecule has 0 spiro atoms. The number of rotatable bonds is 4. The first-order chi connectivity index (χ1) is 10.7. The summed E-state index contributed by atoms with van der Waals surface area (Å²) in [4.78, 5) is 11.7. The third-order valence-corrected chi connectivity index (χ3v) is 4.24. The lowest BCUT2D eigenvalue weighted by Gasteiger charge is -2.22. The van der Waals surface area contributed by atoms with Crippen LogP contribution in [0.4, 0.5) is 8.78 Å². The van der Waals surface area contributed by atoms with Crippen LogP contribution in [-0.4, -0.2) is 45.2 Å². The summed E-state index contributed by atoms with van der Waals surface area (Å²) in [6, 6.07) is 5.32. The van der Waals surface area contributed by atoms with E-state index in [1.54, 1.807) is 0 Å². The molecule has 0 saturated heterocycles. The number of carbonyl (C=O) groups is 1. The molecule has 1 aliphatic rings. The third-order valence-electron chi connectivity index (χ3n) is 2.92. The Kier molecular flexibility index (Phi) is 4.64. The number of likely N-dealkylation sites (N-methyl/N-ethyl adjacent to an activating group) is 1. The minimum atomic E-state index is -4.14. The van der Waals surface area contributed by atoms with Crippen LogP contribution < -0.4 is 4.74 Å². The standard InChI is InChI=1S/C13H12F2N2O5S/c1-17-11(12(18)21-2)7-10(16-23(17,19)20)8-4-3-5-9(6-8)22-13(14)15/h3-7,13H,1-2H3. The van der Waals surface area contributed by atoms with Crippen LogP contribution in [-0.2, 0) is 19.7 Å². The summed E-state index contributed by atoms with van der Waals surface area (Å²) < 4.78 is 61.5. The van der Waals surface area contributed by atoms with Gasteiger partial charge < -0.3 is 9.47 Å². The van der Waals surface area contributed by atoms with E-state index in [9.17, 15) is 22.0 Å². The minimum absolute atomic E-state index is 0.0942. The topological polar surface area (TPSA) is 85.3 Å². The lowest BCUT2D eigenvalue weighted by Crippen LogP contribution is -2.33. The molecule has 7 nitrogen and oxygen atoms in total. The first-order valence-corrected chi connectivity index (χ1v) is 7.58. The largest absolute Gasteiger partial charge is 0.464 e. The number of hydrogen-bond acceptors (Lipinski definition) is 5. The van der Waals surface area contributed by atoms with E-state index >= 15 is 0 Å². The molecular formula is C13H12F2N2O5S. The van der Waals surface area contributed by atoms with Crippen molar-refractivity contribution in [1.82, 2.24) is 4.31 Å².